The van der Waals surface area contributed by atoms with E-state index in [1.807, 2.05) is 0 Å². The van der Waals surface area contributed by atoms with Crippen molar-refractivity contribution in [1.29, 1.82) is 0 Å². The van der Waals surface area contributed by atoms with Crippen molar-refractivity contribution >= 4 is 10.0 Å². The lowest BCUT2D eigenvalue weighted by molar-refractivity contribution is 0.463. The van der Waals surface area contributed by atoms with E-state index in [1.165, 1.54) is 30.5 Å². The van der Waals surface area contributed by atoms with Crippen LogP contribution in [0.2, 0.25) is 0 Å². The lowest BCUT2D eigenvalue weighted by Crippen LogP contribution is -2.23. The largest absolute Gasteiger partial charge is 0.508 e. The summed E-state index contributed by atoms with van der Waals surface area (Å²) in [6.07, 6.45) is 1.51. The number of phenolic OH excluding ortho intramolecular Hbond substituents is 1. The highest BCUT2D eigenvalue weighted by atomic mass is 32.2. The lowest BCUT2D eigenvalue weighted by atomic mass is 10.3. The summed E-state index contributed by atoms with van der Waals surface area (Å²) >= 11 is 0. The number of benzene rings is 1. The van der Waals surface area contributed by atoms with Gasteiger partial charge >= 0.3 is 0 Å². The molecule has 96 valence electrons. The second-order valence-electron chi connectivity index (χ2n) is 3.69. The first-order chi connectivity index (χ1) is 8.47. The van der Waals surface area contributed by atoms with Gasteiger partial charge in [0.25, 0.3) is 0 Å². The van der Waals surface area contributed by atoms with Crippen molar-refractivity contribution in [2.45, 2.75) is 18.4 Å². The van der Waals surface area contributed by atoms with E-state index in [2.05, 4.69) is 9.71 Å². The molecule has 0 radical (unpaired) electrons. The fourth-order valence-electron chi connectivity index (χ4n) is 1.37. The second kappa shape index (κ2) is 4.79. The average molecular weight is 268 g/mol. The third-order valence-electron chi connectivity index (χ3n) is 2.21. The van der Waals surface area contributed by atoms with E-state index >= 15 is 0 Å². The molecule has 0 aliphatic rings. The number of hydrogen-bond donors (Lipinski definition) is 2. The van der Waals surface area contributed by atoms with Crippen LogP contribution in [0.1, 0.15) is 11.7 Å². The Balaban J connectivity index is 2.13. The molecule has 18 heavy (non-hydrogen) atoms. The van der Waals surface area contributed by atoms with Crippen LogP contribution in [0, 0.1) is 6.92 Å². The second-order valence-corrected chi connectivity index (χ2v) is 5.45. The number of hydrogen-bond acceptors (Lipinski definition) is 5. The third kappa shape index (κ3) is 2.88. The Morgan fingerprint density at radius 2 is 2.22 bits per heavy atom. The zero-order chi connectivity index (χ0) is 13.2. The summed E-state index contributed by atoms with van der Waals surface area (Å²) in [6.45, 7) is 1.69. The Kier molecular flexibility index (Phi) is 3.35. The molecule has 0 unspecified atom stereocenters. The first kappa shape index (κ1) is 12.6. The van der Waals surface area contributed by atoms with E-state index in [0.29, 0.717) is 5.76 Å². The average Bonchev–Trinajstić information content (AvgIpc) is 2.73. The van der Waals surface area contributed by atoms with Crippen molar-refractivity contribution in [2.75, 3.05) is 0 Å². The van der Waals surface area contributed by atoms with Gasteiger partial charge in [-0.1, -0.05) is 6.07 Å². The molecular weight excluding hydrogens is 256 g/mol. The van der Waals surface area contributed by atoms with Crippen molar-refractivity contribution in [3.8, 4) is 5.75 Å². The molecule has 1 heterocycles. The topological polar surface area (TPSA) is 92.4 Å². The number of aromatic hydroxyl groups is 1. The molecule has 2 rings (SSSR count). The standard InChI is InChI=1S/C11H12N2O4S/c1-8-6-12-11(17-8)7-13-18(15,16)10-4-2-3-9(14)5-10/h2-6,13-14H,7H2,1H3. The molecule has 0 aliphatic carbocycles. The van der Waals surface area contributed by atoms with Gasteiger partial charge in [0.1, 0.15) is 11.5 Å². The lowest BCUT2D eigenvalue weighted by Gasteiger charge is -2.04. The summed E-state index contributed by atoms with van der Waals surface area (Å²) in [7, 11) is -3.68. The fraction of sp³-hybridized carbons (Fsp3) is 0.182. The summed E-state index contributed by atoms with van der Waals surface area (Å²) in [4.78, 5) is 3.88. The fourth-order valence-corrected chi connectivity index (χ4v) is 2.39. The molecule has 0 amide bonds. The predicted octanol–water partition coefficient (Wildman–Crippen LogP) is 1.17. The monoisotopic (exact) mass is 268 g/mol. The van der Waals surface area contributed by atoms with Crippen LogP contribution in [-0.2, 0) is 16.6 Å². The quantitative estimate of drug-likeness (QED) is 0.868. The molecule has 2 N–H and O–H groups in total. The van der Waals surface area contributed by atoms with Gasteiger partial charge in [-0.25, -0.2) is 18.1 Å². The van der Waals surface area contributed by atoms with Crippen LogP contribution < -0.4 is 4.72 Å². The Morgan fingerprint density at radius 1 is 1.44 bits per heavy atom. The number of aromatic nitrogens is 1. The van der Waals surface area contributed by atoms with Gasteiger partial charge in [0, 0.05) is 0 Å². The molecular formula is C11H12N2O4S. The molecule has 1 aromatic heterocycles. The van der Waals surface area contributed by atoms with Crippen LogP contribution in [0.25, 0.3) is 0 Å². The predicted molar refractivity (Wildman–Crippen MR) is 63.4 cm³/mol. The molecule has 0 bridgehead atoms. The van der Waals surface area contributed by atoms with Crippen molar-refractivity contribution in [1.82, 2.24) is 9.71 Å². The van der Waals surface area contributed by atoms with Gasteiger partial charge in [-0.3, -0.25) is 0 Å². The van der Waals surface area contributed by atoms with Crippen molar-refractivity contribution in [2.24, 2.45) is 0 Å². The van der Waals surface area contributed by atoms with Gasteiger partial charge in [-0.2, -0.15) is 0 Å². The van der Waals surface area contributed by atoms with Gasteiger partial charge in [-0.15, -0.1) is 0 Å². The molecule has 7 heteroatoms. The number of nitrogens with one attached hydrogen (secondary N) is 1. The van der Waals surface area contributed by atoms with Gasteiger partial charge in [-0.05, 0) is 25.1 Å². The van der Waals surface area contributed by atoms with Crippen LogP contribution in [-0.4, -0.2) is 18.5 Å². The van der Waals surface area contributed by atoms with Gasteiger partial charge in [0.05, 0.1) is 17.6 Å². The van der Waals surface area contributed by atoms with E-state index in [4.69, 9.17) is 4.42 Å². The van der Waals surface area contributed by atoms with Crippen LogP contribution in [0.3, 0.4) is 0 Å². The maximum absolute atomic E-state index is 11.9. The molecule has 6 nitrogen and oxygen atoms in total. The Bertz CT molecular complexity index is 649. The number of phenols is 1. The van der Waals surface area contributed by atoms with Crippen LogP contribution in [0.15, 0.2) is 39.8 Å². The zero-order valence-corrected chi connectivity index (χ0v) is 10.4. The highest BCUT2D eigenvalue weighted by molar-refractivity contribution is 7.89. The highest BCUT2D eigenvalue weighted by Crippen LogP contribution is 2.15. The minimum atomic E-state index is -3.68. The molecule has 2 aromatic rings. The molecule has 0 aliphatic heterocycles. The molecule has 0 fully saturated rings. The number of rotatable bonds is 4. The number of sulfonamides is 1. The molecule has 0 saturated carbocycles. The Morgan fingerprint density at radius 3 is 2.83 bits per heavy atom. The molecule has 1 aromatic carbocycles. The first-order valence-electron chi connectivity index (χ1n) is 5.17. The minimum absolute atomic E-state index is 0.00854. The Labute approximate surface area is 104 Å². The normalized spacial score (nSPS) is 11.6. The zero-order valence-electron chi connectivity index (χ0n) is 9.62. The third-order valence-corrected chi connectivity index (χ3v) is 3.61. The molecule has 0 spiro atoms. The van der Waals surface area contributed by atoms with E-state index in [-0.39, 0.29) is 23.1 Å². The van der Waals surface area contributed by atoms with Crippen LogP contribution in [0.5, 0.6) is 5.75 Å². The van der Waals surface area contributed by atoms with E-state index < -0.39 is 10.0 Å². The van der Waals surface area contributed by atoms with Gasteiger partial charge < -0.3 is 9.52 Å². The minimum Gasteiger partial charge on any atom is -0.508 e. The smallest absolute Gasteiger partial charge is 0.241 e. The van der Waals surface area contributed by atoms with Crippen molar-refractivity contribution < 1.29 is 17.9 Å². The van der Waals surface area contributed by atoms with E-state index in [1.54, 1.807) is 6.92 Å². The summed E-state index contributed by atoms with van der Waals surface area (Å²) in [5, 5.41) is 9.24. The summed E-state index contributed by atoms with van der Waals surface area (Å²) < 4.78 is 31.2. The van der Waals surface area contributed by atoms with Gasteiger partial charge in [0.15, 0.2) is 0 Å². The van der Waals surface area contributed by atoms with Crippen molar-refractivity contribution in [3.63, 3.8) is 0 Å². The molecule has 0 saturated heterocycles. The van der Waals surface area contributed by atoms with Gasteiger partial charge in [0.2, 0.25) is 15.9 Å². The molecule has 0 atom stereocenters. The SMILES string of the molecule is Cc1cnc(CNS(=O)(=O)c2cccc(O)c2)o1. The summed E-state index contributed by atoms with van der Waals surface area (Å²) in [6, 6.07) is 5.42. The van der Waals surface area contributed by atoms with E-state index in [0.717, 1.165) is 0 Å². The number of oxazole rings is 1. The van der Waals surface area contributed by atoms with Crippen LogP contribution >= 0.6 is 0 Å². The first-order valence-corrected chi connectivity index (χ1v) is 6.66. The van der Waals surface area contributed by atoms with E-state index in [9.17, 15) is 13.5 Å². The maximum Gasteiger partial charge on any atom is 0.241 e. The Hall–Kier alpha value is -1.86. The highest BCUT2D eigenvalue weighted by Gasteiger charge is 2.15. The summed E-state index contributed by atoms with van der Waals surface area (Å²) in [5.74, 6) is 0.794. The number of nitrogens with zero attached hydrogens (tertiary/aromatic N) is 1. The van der Waals surface area contributed by atoms with Crippen LogP contribution in [0.4, 0.5) is 0 Å². The summed E-state index contributed by atoms with van der Waals surface area (Å²) in [5.41, 5.74) is 0. The number of aryl methyl sites for hydroxylation is 1. The van der Waals surface area contributed by atoms with Crippen molar-refractivity contribution in [3.05, 3.63) is 42.1 Å². The maximum atomic E-state index is 11.9.